The van der Waals surface area contributed by atoms with E-state index in [-0.39, 0.29) is 17.9 Å². The lowest BCUT2D eigenvalue weighted by Crippen LogP contribution is -2.30. The predicted octanol–water partition coefficient (Wildman–Crippen LogP) is 3.70. The summed E-state index contributed by atoms with van der Waals surface area (Å²) in [6, 6.07) is 14.5. The normalized spacial score (nSPS) is 12.2. The van der Waals surface area contributed by atoms with Gasteiger partial charge in [-0.3, -0.25) is 4.79 Å². The van der Waals surface area contributed by atoms with Crippen LogP contribution in [0.2, 0.25) is 5.02 Å². The van der Waals surface area contributed by atoms with Crippen LogP contribution >= 0.6 is 11.6 Å². The molecule has 2 aromatic carbocycles. The van der Waals surface area contributed by atoms with Gasteiger partial charge in [0.15, 0.2) is 0 Å². The first kappa shape index (κ1) is 18.5. The zero-order valence-electron chi connectivity index (χ0n) is 13.9. The first-order chi connectivity index (χ1) is 11.5. The lowest BCUT2D eigenvalue weighted by molar-refractivity contribution is 0.102. The number of hydrogen-bond donors (Lipinski definition) is 3. The Labute approximate surface area is 147 Å². The van der Waals surface area contributed by atoms with Crippen molar-refractivity contribution in [2.75, 3.05) is 11.9 Å². The molecular formula is C19H23ClN2O2. The standard InChI is InChI=1S/C19H23ClN2O2/c1-13(2)18(23)12-21-11-14-6-5-7-15(10-14)22-19(24)16-8-3-4-9-17(16)20/h3-10,13,18,21,23H,11-12H2,1-2H3,(H,22,24). The maximum Gasteiger partial charge on any atom is 0.257 e. The number of aliphatic hydroxyl groups excluding tert-OH is 1. The predicted molar refractivity (Wildman–Crippen MR) is 98.4 cm³/mol. The molecule has 0 saturated carbocycles. The van der Waals surface area contributed by atoms with Crippen molar-refractivity contribution in [2.45, 2.75) is 26.5 Å². The third kappa shape index (κ3) is 5.34. The lowest BCUT2D eigenvalue weighted by Gasteiger charge is -2.15. The highest BCUT2D eigenvalue weighted by molar-refractivity contribution is 6.34. The quantitative estimate of drug-likeness (QED) is 0.716. The molecule has 24 heavy (non-hydrogen) atoms. The highest BCUT2D eigenvalue weighted by Gasteiger charge is 2.10. The summed E-state index contributed by atoms with van der Waals surface area (Å²) < 4.78 is 0. The molecule has 0 saturated heterocycles. The van der Waals surface area contributed by atoms with Crippen molar-refractivity contribution in [2.24, 2.45) is 5.92 Å². The molecule has 1 amide bonds. The Balaban J connectivity index is 1.95. The number of rotatable bonds is 7. The minimum atomic E-state index is -0.367. The Morgan fingerprint density at radius 3 is 2.62 bits per heavy atom. The summed E-state index contributed by atoms with van der Waals surface area (Å²) in [5.74, 6) is -0.0142. The number of benzene rings is 2. The second-order valence-corrected chi connectivity index (χ2v) is 6.48. The average Bonchev–Trinajstić information content (AvgIpc) is 2.55. The largest absolute Gasteiger partial charge is 0.392 e. The number of amides is 1. The molecule has 3 N–H and O–H groups in total. The van der Waals surface area contributed by atoms with Crippen molar-refractivity contribution < 1.29 is 9.90 Å². The summed E-state index contributed by atoms with van der Waals surface area (Å²) in [6.45, 7) is 5.13. The number of hydrogen-bond acceptors (Lipinski definition) is 3. The number of anilines is 1. The van der Waals surface area contributed by atoms with E-state index >= 15 is 0 Å². The van der Waals surface area contributed by atoms with Crippen LogP contribution in [-0.4, -0.2) is 23.7 Å². The summed E-state index contributed by atoms with van der Waals surface area (Å²) >= 11 is 6.05. The highest BCUT2D eigenvalue weighted by Crippen LogP contribution is 2.18. The fraction of sp³-hybridized carbons (Fsp3) is 0.316. The minimum absolute atomic E-state index is 0.221. The lowest BCUT2D eigenvalue weighted by atomic mass is 10.1. The molecule has 0 aliphatic carbocycles. The topological polar surface area (TPSA) is 61.4 Å². The first-order valence-electron chi connectivity index (χ1n) is 8.01. The van der Waals surface area contributed by atoms with E-state index in [9.17, 15) is 9.90 Å². The van der Waals surface area contributed by atoms with Crippen molar-refractivity contribution in [3.8, 4) is 0 Å². The molecule has 0 aliphatic heterocycles. The molecule has 2 aromatic rings. The van der Waals surface area contributed by atoms with Gasteiger partial charge in [-0.05, 0) is 35.7 Å². The van der Waals surface area contributed by atoms with Crippen LogP contribution in [0.4, 0.5) is 5.69 Å². The fourth-order valence-corrected chi connectivity index (χ4v) is 2.42. The highest BCUT2D eigenvalue weighted by atomic mass is 35.5. The number of carbonyl (C=O) groups is 1. The van der Waals surface area contributed by atoms with Gasteiger partial charge in [-0.1, -0.05) is 49.7 Å². The van der Waals surface area contributed by atoms with E-state index in [4.69, 9.17) is 11.6 Å². The van der Waals surface area contributed by atoms with Crippen LogP contribution < -0.4 is 10.6 Å². The van der Waals surface area contributed by atoms with Crippen molar-refractivity contribution in [1.29, 1.82) is 0 Å². The molecule has 0 radical (unpaired) electrons. The van der Waals surface area contributed by atoms with Gasteiger partial charge in [-0.25, -0.2) is 0 Å². The van der Waals surface area contributed by atoms with Crippen LogP contribution in [0.5, 0.6) is 0 Å². The van der Waals surface area contributed by atoms with Crippen LogP contribution in [0, 0.1) is 5.92 Å². The van der Waals surface area contributed by atoms with Crippen LogP contribution in [0.25, 0.3) is 0 Å². The maximum absolute atomic E-state index is 12.3. The number of nitrogens with one attached hydrogen (secondary N) is 2. The summed E-state index contributed by atoms with van der Waals surface area (Å²) in [5.41, 5.74) is 2.19. The summed E-state index contributed by atoms with van der Waals surface area (Å²) in [6.07, 6.45) is -0.367. The number of aliphatic hydroxyl groups is 1. The summed E-state index contributed by atoms with van der Waals surface area (Å²) in [7, 11) is 0. The van der Waals surface area contributed by atoms with E-state index in [1.165, 1.54) is 0 Å². The summed E-state index contributed by atoms with van der Waals surface area (Å²) in [4.78, 5) is 12.3. The Morgan fingerprint density at radius 1 is 1.17 bits per heavy atom. The monoisotopic (exact) mass is 346 g/mol. The number of carbonyl (C=O) groups excluding carboxylic acids is 1. The summed E-state index contributed by atoms with van der Waals surface area (Å²) in [5, 5.41) is 16.3. The van der Waals surface area contributed by atoms with Gasteiger partial charge in [0.05, 0.1) is 16.7 Å². The minimum Gasteiger partial charge on any atom is -0.392 e. The Morgan fingerprint density at radius 2 is 1.92 bits per heavy atom. The van der Waals surface area contributed by atoms with Crippen molar-refractivity contribution in [3.05, 3.63) is 64.7 Å². The van der Waals surface area contributed by atoms with Crippen LogP contribution in [0.3, 0.4) is 0 Å². The Bertz CT molecular complexity index is 689. The Hall–Kier alpha value is -1.88. The SMILES string of the molecule is CC(C)C(O)CNCc1cccc(NC(=O)c2ccccc2Cl)c1. The molecule has 5 heteroatoms. The molecular weight excluding hydrogens is 324 g/mol. The van der Waals surface area contributed by atoms with E-state index in [2.05, 4.69) is 10.6 Å². The molecule has 0 heterocycles. The third-order valence-corrected chi connectivity index (χ3v) is 4.09. The second kappa shape index (κ2) is 8.83. The zero-order valence-corrected chi connectivity index (χ0v) is 14.7. The molecule has 1 atom stereocenters. The van der Waals surface area contributed by atoms with Crippen LogP contribution in [0.1, 0.15) is 29.8 Å². The molecule has 2 rings (SSSR count). The Kier molecular flexibility index (Phi) is 6.79. The maximum atomic E-state index is 12.3. The molecule has 1 unspecified atom stereocenters. The van der Waals surface area contributed by atoms with E-state index in [0.717, 1.165) is 5.56 Å². The molecule has 0 fully saturated rings. The van der Waals surface area contributed by atoms with Crippen molar-refractivity contribution in [1.82, 2.24) is 5.32 Å². The molecule has 128 valence electrons. The van der Waals surface area contributed by atoms with Gasteiger partial charge in [0.2, 0.25) is 0 Å². The smallest absolute Gasteiger partial charge is 0.257 e. The van der Waals surface area contributed by atoms with Crippen LogP contribution in [0.15, 0.2) is 48.5 Å². The van der Waals surface area contributed by atoms with Gasteiger partial charge in [0.25, 0.3) is 5.91 Å². The molecule has 0 bridgehead atoms. The molecule has 0 aromatic heterocycles. The second-order valence-electron chi connectivity index (χ2n) is 6.08. The molecule has 0 spiro atoms. The van der Waals surface area contributed by atoms with Crippen molar-refractivity contribution in [3.63, 3.8) is 0 Å². The van der Waals surface area contributed by atoms with Gasteiger partial charge in [0, 0.05) is 18.8 Å². The zero-order chi connectivity index (χ0) is 17.5. The van der Waals surface area contributed by atoms with Gasteiger partial charge in [-0.15, -0.1) is 0 Å². The van der Waals surface area contributed by atoms with E-state index in [1.807, 2.05) is 38.1 Å². The van der Waals surface area contributed by atoms with Gasteiger partial charge < -0.3 is 15.7 Å². The van der Waals surface area contributed by atoms with Gasteiger partial charge in [0.1, 0.15) is 0 Å². The van der Waals surface area contributed by atoms with E-state index in [1.54, 1.807) is 24.3 Å². The van der Waals surface area contributed by atoms with E-state index < -0.39 is 0 Å². The third-order valence-electron chi connectivity index (χ3n) is 3.76. The molecule has 4 nitrogen and oxygen atoms in total. The van der Waals surface area contributed by atoms with Crippen molar-refractivity contribution >= 4 is 23.2 Å². The van der Waals surface area contributed by atoms with Gasteiger partial charge in [-0.2, -0.15) is 0 Å². The fourth-order valence-electron chi connectivity index (χ4n) is 2.20. The average molecular weight is 347 g/mol. The van der Waals surface area contributed by atoms with Gasteiger partial charge >= 0.3 is 0 Å². The first-order valence-corrected chi connectivity index (χ1v) is 8.38. The molecule has 0 aliphatic rings. The van der Waals surface area contributed by atoms with Crippen LogP contribution in [-0.2, 0) is 6.54 Å². The van der Waals surface area contributed by atoms with E-state index in [0.29, 0.717) is 29.4 Å². The number of halogens is 1.